The van der Waals surface area contributed by atoms with Gasteiger partial charge in [0.25, 0.3) is 16.2 Å². The zero-order valence-corrected chi connectivity index (χ0v) is 6.92. The molecule has 0 aliphatic carbocycles. The van der Waals surface area contributed by atoms with Crippen LogP contribution >= 0.6 is 11.7 Å². The highest BCUT2D eigenvalue weighted by Gasteiger charge is 2.09. The number of rotatable bonds is 2. The average Bonchev–Trinajstić information content (AvgIpc) is 1.14. The second-order valence-corrected chi connectivity index (χ2v) is 5.93. The first kappa shape index (κ1) is 9.27. The Balaban J connectivity index is 4.46. The van der Waals surface area contributed by atoms with Gasteiger partial charge in [-0.1, -0.05) is 0 Å². The molecule has 0 heterocycles. The summed E-state index contributed by atoms with van der Waals surface area (Å²) in [5.41, 5.74) is 0. The number of hydrogen-bond donors (Lipinski definition) is 2. The molecular weight excluding hydrogens is 185 g/mol. The van der Waals surface area contributed by atoms with Crippen molar-refractivity contribution in [2.24, 2.45) is 0 Å². The summed E-state index contributed by atoms with van der Waals surface area (Å²) in [6, 6.07) is 0. The first-order chi connectivity index (χ1) is 3.71. The van der Waals surface area contributed by atoms with Gasteiger partial charge in [-0.25, -0.2) is 8.42 Å². The number of nitrogens with one attached hydrogen (secondary N) is 1. The zero-order chi connectivity index (χ0) is 7.71. The van der Waals surface area contributed by atoms with Crippen molar-refractivity contribution in [3.05, 3.63) is 0 Å². The highest BCUT2D eigenvalue weighted by atomic mass is 33.1. The standard InChI is InChI=1S/BH4NO4S3/c1-8(3,4)2-9(5,6)7/h2H,1H2,(H,5,6,7). The smallest absolute Gasteiger partial charge is 0.225 e. The van der Waals surface area contributed by atoms with E-state index in [0.29, 0.717) is 0 Å². The van der Waals surface area contributed by atoms with E-state index in [0.717, 1.165) is 7.12 Å². The summed E-state index contributed by atoms with van der Waals surface area (Å²) in [6.07, 6.45) is 0. The van der Waals surface area contributed by atoms with Gasteiger partial charge in [0, 0.05) is 0 Å². The molecule has 0 saturated heterocycles. The Bertz CT molecular complexity index is 241. The maximum Gasteiger partial charge on any atom is 0.277 e. The van der Waals surface area contributed by atoms with Crippen molar-refractivity contribution < 1.29 is 16.8 Å². The summed E-state index contributed by atoms with van der Waals surface area (Å²) in [5.74, 6) is 0. The lowest BCUT2D eigenvalue weighted by Crippen LogP contribution is -2.26. The maximum absolute atomic E-state index is 10.1. The molecular formula is H4BNO4S3. The van der Waals surface area contributed by atoms with E-state index >= 15 is 0 Å². The van der Waals surface area contributed by atoms with Crippen LogP contribution in [0.5, 0.6) is 0 Å². The molecule has 0 radical (unpaired) electrons. The molecule has 1 N–H and O–H groups in total. The van der Waals surface area contributed by atoms with Gasteiger partial charge in [-0.3, -0.25) is 0 Å². The molecule has 9 heteroatoms. The molecule has 0 aromatic rings. The lowest BCUT2D eigenvalue weighted by atomic mass is 10.8. The fourth-order valence-corrected chi connectivity index (χ4v) is 2.94. The quantitative estimate of drug-likeness (QED) is 0.289. The summed E-state index contributed by atoms with van der Waals surface area (Å²) in [5, 5.41) is 0. The van der Waals surface area contributed by atoms with Crippen molar-refractivity contribution in [3.8, 4) is 0 Å². The predicted molar refractivity (Wildman–Crippen MR) is 38.5 cm³/mol. The van der Waals surface area contributed by atoms with Crippen LogP contribution < -0.4 is 4.13 Å². The molecule has 0 aromatic heterocycles. The lowest BCUT2D eigenvalue weighted by Gasteiger charge is -1.94. The Kier molecular flexibility index (Phi) is 2.56. The zero-order valence-electron chi connectivity index (χ0n) is 4.40. The van der Waals surface area contributed by atoms with Crippen molar-refractivity contribution in [2.75, 3.05) is 0 Å². The summed E-state index contributed by atoms with van der Waals surface area (Å²) in [4.78, 5) is 0. The van der Waals surface area contributed by atoms with Gasteiger partial charge < -0.3 is 0 Å². The van der Waals surface area contributed by atoms with Crippen LogP contribution in [0.4, 0.5) is 0 Å². The summed E-state index contributed by atoms with van der Waals surface area (Å²) in [7, 11) is -6.90. The highest BCUT2D eigenvalue weighted by Crippen LogP contribution is 1.89. The van der Waals surface area contributed by atoms with Crippen LogP contribution in [0.2, 0.25) is 0 Å². The van der Waals surface area contributed by atoms with E-state index in [-0.39, 0.29) is 0 Å². The average molecular weight is 189 g/mol. The van der Waals surface area contributed by atoms with E-state index < -0.39 is 18.9 Å². The van der Waals surface area contributed by atoms with Crippen LogP contribution in [-0.4, -0.2) is 24.0 Å². The second-order valence-electron chi connectivity index (χ2n) is 1.33. The summed E-state index contributed by atoms with van der Waals surface area (Å²) >= 11 is 2.93. The first-order valence-electron chi connectivity index (χ1n) is 1.67. The van der Waals surface area contributed by atoms with Crippen molar-refractivity contribution >= 4 is 37.7 Å². The third-order valence-electron chi connectivity index (χ3n) is 0.257. The topological polar surface area (TPSA) is 80.3 Å². The van der Waals surface area contributed by atoms with Gasteiger partial charge in [-0.05, 0) is 11.7 Å². The van der Waals surface area contributed by atoms with Crippen LogP contribution in [0.3, 0.4) is 0 Å². The first-order valence-corrected chi connectivity index (χ1v) is 6.09. The molecule has 0 bridgehead atoms. The van der Waals surface area contributed by atoms with E-state index in [1.54, 1.807) is 0 Å². The van der Waals surface area contributed by atoms with Gasteiger partial charge in [0.1, 0.15) is 0 Å². The number of hydrogen-bond acceptors (Lipinski definition) is 4. The van der Waals surface area contributed by atoms with Crippen molar-refractivity contribution in [1.29, 1.82) is 0 Å². The molecule has 54 valence electrons. The monoisotopic (exact) mass is 189 g/mol. The Morgan fingerprint density at radius 2 is 1.56 bits per heavy atom. The Hall–Kier alpha value is 0.275. The lowest BCUT2D eigenvalue weighted by molar-refractivity contribution is 0.593. The van der Waals surface area contributed by atoms with E-state index in [1.165, 1.54) is 4.13 Å². The highest BCUT2D eigenvalue weighted by molar-refractivity contribution is 8.64. The second kappa shape index (κ2) is 2.49. The SMILES string of the molecule is BS(=O)(=O)NS(=O)(=O)S. The van der Waals surface area contributed by atoms with Gasteiger partial charge in [-0.2, -0.15) is 8.42 Å². The summed E-state index contributed by atoms with van der Waals surface area (Å²) < 4.78 is 41.5. The van der Waals surface area contributed by atoms with Gasteiger partial charge in [0.15, 0.2) is 9.87 Å². The van der Waals surface area contributed by atoms with Gasteiger partial charge in [0.2, 0.25) is 0 Å². The molecule has 0 atom stereocenters. The molecule has 0 aliphatic heterocycles. The minimum atomic E-state index is -3.93. The Morgan fingerprint density at radius 3 is 1.56 bits per heavy atom. The van der Waals surface area contributed by atoms with Crippen molar-refractivity contribution in [3.63, 3.8) is 0 Å². The van der Waals surface area contributed by atoms with Crippen LogP contribution in [-0.2, 0) is 18.9 Å². The van der Waals surface area contributed by atoms with Gasteiger partial charge >= 0.3 is 0 Å². The van der Waals surface area contributed by atoms with Gasteiger partial charge in [0.05, 0.1) is 0 Å². The Labute approximate surface area is 59.1 Å². The van der Waals surface area contributed by atoms with E-state index in [4.69, 9.17) is 0 Å². The predicted octanol–water partition coefficient (Wildman–Crippen LogP) is -2.37. The molecule has 0 rings (SSSR count). The minimum Gasteiger partial charge on any atom is -0.225 e. The molecule has 0 amide bonds. The van der Waals surface area contributed by atoms with Crippen molar-refractivity contribution in [1.82, 2.24) is 4.13 Å². The fourth-order valence-electron chi connectivity index (χ4n) is 0.191. The van der Waals surface area contributed by atoms with Crippen LogP contribution in [0, 0.1) is 0 Å². The Morgan fingerprint density at radius 1 is 1.22 bits per heavy atom. The molecule has 5 nitrogen and oxygen atoms in total. The van der Waals surface area contributed by atoms with Crippen LogP contribution in [0.1, 0.15) is 0 Å². The molecule has 0 saturated carbocycles. The molecule has 0 spiro atoms. The molecule has 0 aliphatic rings. The molecule has 0 unspecified atom stereocenters. The third-order valence-corrected chi connectivity index (χ3v) is 2.98. The van der Waals surface area contributed by atoms with E-state index in [9.17, 15) is 16.8 Å². The van der Waals surface area contributed by atoms with Crippen LogP contribution in [0.15, 0.2) is 0 Å². The molecule has 9 heavy (non-hydrogen) atoms. The minimum absolute atomic E-state index is 0.723. The largest absolute Gasteiger partial charge is 0.277 e. The van der Waals surface area contributed by atoms with Gasteiger partial charge in [-0.15, -0.1) is 4.13 Å². The normalized spacial score (nSPS) is 13.4. The van der Waals surface area contributed by atoms with Crippen LogP contribution in [0.25, 0.3) is 0 Å². The number of thiol groups is 1. The molecule has 0 fully saturated rings. The van der Waals surface area contributed by atoms with E-state index in [1.807, 2.05) is 0 Å². The maximum atomic E-state index is 10.1. The van der Waals surface area contributed by atoms with Crippen molar-refractivity contribution in [2.45, 2.75) is 0 Å². The fraction of sp³-hybridized carbons (Fsp3) is 0. The third kappa shape index (κ3) is 8.27. The molecule has 0 aromatic carbocycles. The summed E-state index contributed by atoms with van der Waals surface area (Å²) in [6.45, 7) is 0. The van der Waals surface area contributed by atoms with E-state index in [2.05, 4.69) is 11.7 Å².